The first-order valence-electron chi connectivity index (χ1n) is 3.06. The van der Waals surface area contributed by atoms with Crippen molar-refractivity contribution in [2.45, 2.75) is 6.61 Å². The van der Waals surface area contributed by atoms with Crippen molar-refractivity contribution < 1.29 is 5.11 Å². The summed E-state index contributed by atoms with van der Waals surface area (Å²) in [5.74, 6) is 0. The van der Waals surface area contributed by atoms with Crippen LogP contribution in [0.4, 0.5) is 0 Å². The van der Waals surface area contributed by atoms with Gasteiger partial charge in [0.1, 0.15) is 0 Å². The SMILES string of the molecule is OCc1cc2sccc2[nH]1. The fourth-order valence-corrected chi connectivity index (χ4v) is 1.80. The lowest BCUT2D eigenvalue weighted by Crippen LogP contribution is -1.78. The Hall–Kier alpha value is -0.800. The molecule has 0 atom stereocenters. The van der Waals surface area contributed by atoms with Gasteiger partial charge < -0.3 is 10.1 Å². The Kier molecular flexibility index (Phi) is 1.25. The van der Waals surface area contributed by atoms with E-state index in [1.807, 2.05) is 17.5 Å². The third kappa shape index (κ3) is 0.751. The Morgan fingerprint density at radius 3 is 3.20 bits per heavy atom. The number of rotatable bonds is 1. The maximum absolute atomic E-state index is 8.73. The molecule has 0 bridgehead atoms. The molecule has 0 saturated heterocycles. The van der Waals surface area contributed by atoms with Crippen molar-refractivity contribution in [2.24, 2.45) is 0 Å². The summed E-state index contributed by atoms with van der Waals surface area (Å²) in [5.41, 5.74) is 2.01. The van der Waals surface area contributed by atoms with E-state index in [4.69, 9.17) is 5.11 Å². The zero-order chi connectivity index (χ0) is 6.97. The minimum Gasteiger partial charge on any atom is -0.390 e. The van der Waals surface area contributed by atoms with Gasteiger partial charge in [0.05, 0.1) is 16.8 Å². The molecular weight excluding hydrogens is 146 g/mol. The number of thiophene rings is 1. The van der Waals surface area contributed by atoms with Crippen LogP contribution in [0, 0.1) is 0 Å². The van der Waals surface area contributed by atoms with Crippen LogP contribution in [0.3, 0.4) is 0 Å². The highest BCUT2D eigenvalue weighted by Crippen LogP contribution is 2.20. The van der Waals surface area contributed by atoms with E-state index in [9.17, 15) is 0 Å². The predicted molar refractivity (Wildman–Crippen MR) is 42.1 cm³/mol. The van der Waals surface area contributed by atoms with Crippen molar-refractivity contribution >= 4 is 21.6 Å². The Morgan fingerprint density at radius 1 is 1.60 bits per heavy atom. The molecule has 2 aromatic heterocycles. The van der Waals surface area contributed by atoms with Crippen LogP contribution >= 0.6 is 11.3 Å². The summed E-state index contributed by atoms with van der Waals surface area (Å²) in [5, 5.41) is 10.8. The molecule has 0 saturated carbocycles. The zero-order valence-corrected chi connectivity index (χ0v) is 6.11. The molecule has 0 aliphatic heterocycles. The van der Waals surface area contributed by atoms with E-state index in [-0.39, 0.29) is 6.61 Å². The Balaban J connectivity index is 2.67. The smallest absolute Gasteiger partial charge is 0.0831 e. The van der Waals surface area contributed by atoms with Crippen LogP contribution in [0.25, 0.3) is 10.2 Å². The van der Waals surface area contributed by atoms with Gasteiger partial charge in [-0.05, 0) is 17.5 Å². The second kappa shape index (κ2) is 2.11. The van der Waals surface area contributed by atoms with Crippen molar-refractivity contribution in [3.63, 3.8) is 0 Å². The first-order chi connectivity index (χ1) is 4.90. The summed E-state index contributed by atoms with van der Waals surface area (Å²) in [7, 11) is 0. The van der Waals surface area contributed by atoms with Crippen LogP contribution in [0.2, 0.25) is 0 Å². The molecule has 0 fully saturated rings. The second-order valence-electron chi connectivity index (χ2n) is 2.15. The van der Waals surface area contributed by atoms with Gasteiger partial charge in [0.2, 0.25) is 0 Å². The maximum atomic E-state index is 8.73. The number of hydrogen-bond donors (Lipinski definition) is 2. The molecule has 0 unspecified atom stereocenters. The van der Waals surface area contributed by atoms with Crippen molar-refractivity contribution in [1.29, 1.82) is 0 Å². The lowest BCUT2D eigenvalue weighted by Gasteiger charge is -1.83. The topological polar surface area (TPSA) is 36.0 Å². The summed E-state index contributed by atoms with van der Waals surface area (Å²) in [4.78, 5) is 3.09. The van der Waals surface area contributed by atoms with E-state index in [2.05, 4.69) is 4.98 Å². The number of H-pyrrole nitrogens is 1. The third-order valence-corrected chi connectivity index (χ3v) is 2.33. The van der Waals surface area contributed by atoms with Crippen molar-refractivity contribution in [3.05, 3.63) is 23.2 Å². The van der Waals surface area contributed by atoms with Crippen LogP contribution in [0.5, 0.6) is 0 Å². The van der Waals surface area contributed by atoms with Crippen molar-refractivity contribution in [3.8, 4) is 0 Å². The molecule has 2 aromatic rings. The van der Waals surface area contributed by atoms with E-state index < -0.39 is 0 Å². The summed E-state index contributed by atoms with van der Waals surface area (Å²) >= 11 is 1.68. The van der Waals surface area contributed by atoms with Crippen LogP contribution < -0.4 is 0 Å². The predicted octanol–water partition coefficient (Wildman–Crippen LogP) is 1.72. The largest absolute Gasteiger partial charge is 0.390 e. The van der Waals surface area contributed by atoms with E-state index in [0.717, 1.165) is 11.2 Å². The lowest BCUT2D eigenvalue weighted by molar-refractivity contribution is 0.278. The number of aliphatic hydroxyl groups is 1. The van der Waals surface area contributed by atoms with Gasteiger partial charge in [0.25, 0.3) is 0 Å². The molecule has 2 N–H and O–H groups in total. The van der Waals surface area contributed by atoms with Crippen LogP contribution in [-0.2, 0) is 6.61 Å². The normalized spacial score (nSPS) is 10.9. The molecular formula is C7H7NOS. The minimum absolute atomic E-state index is 0.0986. The van der Waals surface area contributed by atoms with Gasteiger partial charge in [-0.3, -0.25) is 0 Å². The van der Waals surface area contributed by atoms with Crippen LogP contribution in [-0.4, -0.2) is 10.1 Å². The summed E-state index contributed by atoms with van der Waals surface area (Å²) in [6.07, 6.45) is 0. The molecule has 0 aliphatic carbocycles. The molecule has 0 radical (unpaired) electrons. The molecule has 10 heavy (non-hydrogen) atoms. The van der Waals surface area contributed by atoms with Gasteiger partial charge in [-0.2, -0.15) is 0 Å². The molecule has 0 spiro atoms. The second-order valence-corrected chi connectivity index (χ2v) is 3.10. The Morgan fingerprint density at radius 2 is 2.50 bits per heavy atom. The van der Waals surface area contributed by atoms with Gasteiger partial charge in [0.15, 0.2) is 0 Å². The molecule has 0 amide bonds. The third-order valence-electron chi connectivity index (χ3n) is 1.47. The molecule has 52 valence electrons. The summed E-state index contributed by atoms with van der Waals surface area (Å²) in [6, 6.07) is 3.99. The highest BCUT2D eigenvalue weighted by Gasteiger charge is 1.98. The zero-order valence-electron chi connectivity index (χ0n) is 5.29. The monoisotopic (exact) mass is 153 g/mol. The minimum atomic E-state index is 0.0986. The van der Waals surface area contributed by atoms with Crippen LogP contribution in [0.15, 0.2) is 17.5 Å². The number of nitrogens with one attached hydrogen (secondary N) is 1. The Bertz CT molecular complexity index is 307. The van der Waals surface area contributed by atoms with Gasteiger partial charge in [-0.15, -0.1) is 11.3 Å². The molecule has 2 rings (SSSR count). The number of fused-ring (bicyclic) bond motifs is 1. The van der Waals surface area contributed by atoms with E-state index in [1.165, 1.54) is 4.70 Å². The summed E-state index contributed by atoms with van der Waals surface area (Å²) < 4.78 is 1.21. The average Bonchev–Trinajstić information content (AvgIpc) is 2.42. The van der Waals surface area contributed by atoms with Crippen LogP contribution in [0.1, 0.15) is 5.69 Å². The first-order valence-corrected chi connectivity index (χ1v) is 3.94. The highest BCUT2D eigenvalue weighted by atomic mass is 32.1. The number of hydrogen-bond acceptors (Lipinski definition) is 2. The van der Waals surface area contributed by atoms with E-state index in [0.29, 0.717) is 0 Å². The van der Waals surface area contributed by atoms with Gasteiger partial charge in [0, 0.05) is 5.69 Å². The molecule has 0 aliphatic rings. The number of aromatic nitrogens is 1. The standard InChI is InChI=1S/C7H7NOS/c9-4-5-3-7-6(8-5)1-2-10-7/h1-3,8-9H,4H2. The Labute approximate surface area is 62.1 Å². The molecule has 2 heterocycles. The van der Waals surface area contributed by atoms with Gasteiger partial charge in [-0.1, -0.05) is 0 Å². The van der Waals surface area contributed by atoms with E-state index in [1.54, 1.807) is 11.3 Å². The fraction of sp³-hybridized carbons (Fsp3) is 0.143. The molecule has 3 heteroatoms. The molecule has 2 nitrogen and oxygen atoms in total. The molecule has 0 aromatic carbocycles. The quantitative estimate of drug-likeness (QED) is 0.643. The maximum Gasteiger partial charge on any atom is 0.0831 e. The van der Waals surface area contributed by atoms with Crippen molar-refractivity contribution in [1.82, 2.24) is 4.98 Å². The first kappa shape index (κ1) is 5.95. The average molecular weight is 153 g/mol. The van der Waals surface area contributed by atoms with E-state index >= 15 is 0 Å². The highest BCUT2D eigenvalue weighted by molar-refractivity contribution is 7.17. The van der Waals surface area contributed by atoms with Gasteiger partial charge in [-0.25, -0.2) is 0 Å². The number of aromatic amines is 1. The van der Waals surface area contributed by atoms with Crippen molar-refractivity contribution in [2.75, 3.05) is 0 Å². The lowest BCUT2D eigenvalue weighted by atomic mass is 10.4. The summed E-state index contributed by atoms with van der Waals surface area (Å²) in [6.45, 7) is 0.0986. The number of aliphatic hydroxyl groups excluding tert-OH is 1. The van der Waals surface area contributed by atoms with Gasteiger partial charge >= 0.3 is 0 Å². The fourth-order valence-electron chi connectivity index (χ4n) is 0.988.